The van der Waals surface area contributed by atoms with Crippen LogP contribution in [0, 0.1) is 11.8 Å². The lowest BCUT2D eigenvalue weighted by molar-refractivity contribution is -0.133. The highest BCUT2D eigenvalue weighted by Crippen LogP contribution is 2.40. The van der Waals surface area contributed by atoms with Crippen LogP contribution in [0.2, 0.25) is 0 Å². The number of hydrogen-bond acceptors (Lipinski definition) is 4. The van der Waals surface area contributed by atoms with Gasteiger partial charge in [0.15, 0.2) is 0 Å². The number of amidine groups is 1. The van der Waals surface area contributed by atoms with E-state index in [-0.39, 0.29) is 23.4 Å². The van der Waals surface area contributed by atoms with Crippen LogP contribution >= 0.6 is 0 Å². The van der Waals surface area contributed by atoms with E-state index < -0.39 is 15.3 Å². The molecule has 0 bridgehead atoms. The number of sulfonamides is 1. The molecular formula is C19H31N3O3S. The summed E-state index contributed by atoms with van der Waals surface area (Å²) in [6.07, 6.45) is 9.45. The fraction of sp³-hybridized carbons (Fsp3) is 0.895. The molecule has 4 aliphatic rings. The van der Waals surface area contributed by atoms with Crippen LogP contribution in [0.4, 0.5) is 0 Å². The van der Waals surface area contributed by atoms with E-state index in [2.05, 4.69) is 4.72 Å². The normalized spacial score (nSPS) is 35.0. The second-order valence-electron chi connectivity index (χ2n) is 9.04. The van der Waals surface area contributed by atoms with E-state index in [0.29, 0.717) is 25.2 Å². The molecule has 4 rings (SSSR count). The van der Waals surface area contributed by atoms with Crippen LogP contribution in [-0.2, 0) is 14.8 Å². The van der Waals surface area contributed by atoms with Crippen molar-refractivity contribution in [1.29, 1.82) is 0 Å². The van der Waals surface area contributed by atoms with Crippen LogP contribution < -0.4 is 4.72 Å². The Morgan fingerprint density at radius 2 is 1.81 bits per heavy atom. The first-order valence-electron chi connectivity index (χ1n) is 10.2. The zero-order chi connectivity index (χ0) is 18.5. The van der Waals surface area contributed by atoms with Crippen LogP contribution in [0.3, 0.4) is 0 Å². The minimum absolute atomic E-state index is 0.0291. The second kappa shape index (κ2) is 6.59. The lowest BCUT2D eigenvalue weighted by Crippen LogP contribution is -2.54. The smallest absolute Gasteiger partial charge is 0.232 e. The Labute approximate surface area is 156 Å². The maximum Gasteiger partial charge on any atom is 0.232 e. The molecule has 0 radical (unpaired) electrons. The highest BCUT2D eigenvalue weighted by molar-refractivity contribution is 7.90. The molecule has 1 heterocycles. The number of rotatable bonds is 4. The summed E-state index contributed by atoms with van der Waals surface area (Å²) in [5.41, 5.74) is -0.255. The molecule has 3 saturated carbocycles. The molecule has 0 aromatic rings. The Balaban J connectivity index is 1.50. The van der Waals surface area contributed by atoms with Crippen molar-refractivity contribution in [2.24, 2.45) is 16.8 Å². The molecule has 3 aliphatic carbocycles. The van der Waals surface area contributed by atoms with Gasteiger partial charge in [-0.15, -0.1) is 0 Å². The standard InChI is InChI=1S/C19H31N3O3S/c1-19(10-11-19)21-26(24,25)14-8-9-16-15(12-14)18(23)22(2)17(20-16)13-6-4-3-5-7-13/h13-16,21H,3-12H2,1-2H3. The van der Waals surface area contributed by atoms with Gasteiger partial charge in [0.2, 0.25) is 15.9 Å². The van der Waals surface area contributed by atoms with Crippen LogP contribution in [0.25, 0.3) is 0 Å². The number of carbonyl (C=O) groups excluding carboxylic acids is 1. The molecule has 1 amide bonds. The van der Waals surface area contributed by atoms with Gasteiger partial charge in [0.25, 0.3) is 0 Å². The van der Waals surface area contributed by atoms with E-state index in [1.807, 2.05) is 14.0 Å². The lowest BCUT2D eigenvalue weighted by Gasteiger charge is -2.42. The van der Waals surface area contributed by atoms with E-state index in [1.165, 1.54) is 19.3 Å². The van der Waals surface area contributed by atoms with E-state index in [0.717, 1.165) is 31.5 Å². The van der Waals surface area contributed by atoms with E-state index in [9.17, 15) is 13.2 Å². The van der Waals surface area contributed by atoms with Crippen LogP contribution in [0.5, 0.6) is 0 Å². The molecule has 0 saturated heterocycles. The molecule has 6 nitrogen and oxygen atoms in total. The number of nitrogens with one attached hydrogen (secondary N) is 1. The number of nitrogens with zero attached hydrogens (tertiary/aromatic N) is 2. The minimum atomic E-state index is -3.37. The zero-order valence-corrected chi connectivity index (χ0v) is 16.7. The van der Waals surface area contributed by atoms with Crippen molar-refractivity contribution in [3.05, 3.63) is 0 Å². The van der Waals surface area contributed by atoms with Crippen LogP contribution in [-0.4, -0.2) is 48.9 Å². The van der Waals surface area contributed by atoms with Gasteiger partial charge in [-0.2, -0.15) is 0 Å². The summed E-state index contributed by atoms with van der Waals surface area (Å²) >= 11 is 0. The van der Waals surface area contributed by atoms with Gasteiger partial charge in [0.1, 0.15) is 5.84 Å². The first-order valence-corrected chi connectivity index (χ1v) is 11.7. The largest absolute Gasteiger partial charge is 0.303 e. The lowest BCUT2D eigenvalue weighted by atomic mass is 9.80. The van der Waals surface area contributed by atoms with E-state index in [1.54, 1.807) is 4.90 Å². The van der Waals surface area contributed by atoms with E-state index in [4.69, 9.17) is 4.99 Å². The third kappa shape index (κ3) is 3.44. The maximum absolute atomic E-state index is 13.0. The monoisotopic (exact) mass is 381 g/mol. The molecule has 0 aromatic heterocycles. The van der Waals surface area contributed by atoms with Crippen molar-refractivity contribution in [2.45, 2.75) is 88.0 Å². The molecule has 0 aromatic carbocycles. The van der Waals surface area contributed by atoms with Gasteiger partial charge in [0.05, 0.1) is 17.2 Å². The summed E-state index contributed by atoms with van der Waals surface area (Å²) in [6, 6.07) is -0.0291. The van der Waals surface area contributed by atoms with Gasteiger partial charge in [-0.3, -0.25) is 9.79 Å². The predicted molar refractivity (Wildman–Crippen MR) is 101 cm³/mol. The third-order valence-corrected chi connectivity index (χ3v) is 8.94. The number of amides is 1. The molecule has 26 heavy (non-hydrogen) atoms. The fourth-order valence-electron chi connectivity index (χ4n) is 4.89. The Kier molecular flexibility index (Phi) is 4.66. The first kappa shape index (κ1) is 18.4. The summed E-state index contributed by atoms with van der Waals surface area (Å²) in [6.45, 7) is 1.95. The number of carbonyl (C=O) groups is 1. The zero-order valence-electron chi connectivity index (χ0n) is 15.9. The van der Waals surface area contributed by atoms with Crippen molar-refractivity contribution in [2.75, 3.05) is 7.05 Å². The summed E-state index contributed by atoms with van der Waals surface area (Å²) in [4.78, 5) is 19.7. The van der Waals surface area contributed by atoms with Gasteiger partial charge in [-0.1, -0.05) is 19.3 Å². The van der Waals surface area contributed by atoms with Crippen molar-refractivity contribution in [3.8, 4) is 0 Å². The van der Waals surface area contributed by atoms with Crippen molar-refractivity contribution in [3.63, 3.8) is 0 Å². The highest BCUT2D eigenvalue weighted by atomic mass is 32.2. The summed E-state index contributed by atoms with van der Waals surface area (Å²) in [5.74, 6) is 1.15. The summed E-state index contributed by atoms with van der Waals surface area (Å²) < 4.78 is 28.4. The van der Waals surface area contributed by atoms with Crippen molar-refractivity contribution < 1.29 is 13.2 Å². The van der Waals surface area contributed by atoms with Crippen LogP contribution in [0.15, 0.2) is 4.99 Å². The highest BCUT2D eigenvalue weighted by Gasteiger charge is 2.48. The molecule has 3 atom stereocenters. The average molecular weight is 382 g/mol. The summed E-state index contributed by atoms with van der Waals surface area (Å²) in [5, 5.41) is -0.468. The Bertz CT molecular complexity index is 708. The predicted octanol–water partition coefficient (Wildman–Crippen LogP) is 2.45. The molecule has 7 heteroatoms. The van der Waals surface area contributed by atoms with Crippen molar-refractivity contribution >= 4 is 21.8 Å². The number of fused-ring (bicyclic) bond motifs is 1. The van der Waals surface area contributed by atoms with Crippen molar-refractivity contribution in [1.82, 2.24) is 9.62 Å². The second-order valence-corrected chi connectivity index (χ2v) is 11.0. The molecule has 1 aliphatic heterocycles. The molecule has 3 unspecified atom stereocenters. The Morgan fingerprint density at radius 3 is 2.46 bits per heavy atom. The Hall–Kier alpha value is -0.950. The quantitative estimate of drug-likeness (QED) is 0.812. The van der Waals surface area contributed by atoms with Gasteiger partial charge < -0.3 is 4.90 Å². The minimum Gasteiger partial charge on any atom is -0.303 e. The molecule has 0 spiro atoms. The summed E-state index contributed by atoms with van der Waals surface area (Å²) in [7, 11) is -1.55. The molecule has 1 N–H and O–H groups in total. The number of hydrogen-bond donors (Lipinski definition) is 1. The number of aliphatic imine (C=N–C) groups is 1. The van der Waals surface area contributed by atoms with E-state index >= 15 is 0 Å². The SMILES string of the molecule is CN1C(=O)C2CC(S(=O)(=O)NC3(C)CC3)CCC2N=C1C1CCCCC1. The fourth-order valence-corrected chi connectivity index (χ4v) is 6.86. The average Bonchev–Trinajstić information content (AvgIpc) is 3.34. The van der Waals surface area contributed by atoms with Gasteiger partial charge in [0, 0.05) is 18.5 Å². The molecule has 146 valence electrons. The van der Waals surface area contributed by atoms with Crippen LogP contribution in [0.1, 0.15) is 71.1 Å². The molecular weight excluding hydrogens is 350 g/mol. The van der Waals surface area contributed by atoms with Gasteiger partial charge in [-0.05, 0) is 51.9 Å². The Morgan fingerprint density at radius 1 is 1.12 bits per heavy atom. The first-order chi connectivity index (χ1) is 12.3. The maximum atomic E-state index is 13.0. The van der Waals surface area contributed by atoms with Gasteiger partial charge >= 0.3 is 0 Å². The topological polar surface area (TPSA) is 78.8 Å². The third-order valence-electron chi connectivity index (χ3n) is 6.85. The molecule has 3 fully saturated rings. The van der Waals surface area contributed by atoms with Gasteiger partial charge in [-0.25, -0.2) is 13.1 Å².